The Bertz CT molecular complexity index is 718. The highest BCUT2D eigenvalue weighted by Gasteiger charge is 2.30. The van der Waals surface area contributed by atoms with Gasteiger partial charge in [0.15, 0.2) is 5.69 Å². The maximum Gasteiger partial charge on any atom is 0.273 e. The lowest BCUT2D eigenvalue weighted by atomic mass is 10.0. The second kappa shape index (κ2) is 6.96. The van der Waals surface area contributed by atoms with Crippen LogP contribution in [0, 0.1) is 0 Å². The summed E-state index contributed by atoms with van der Waals surface area (Å²) in [4.78, 5) is 18.9. The van der Waals surface area contributed by atoms with Crippen molar-refractivity contribution in [1.29, 1.82) is 0 Å². The number of hydrogen-bond acceptors (Lipinski definition) is 5. The third-order valence-electron chi connectivity index (χ3n) is 5.34. The van der Waals surface area contributed by atoms with Crippen LogP contribution in [-0.2, 0) is 0 Å². The number of nitrogens with zero attached hydrogens (tertiary/aromatic N) is 3. The maximum atomic E-state index is 12.4. The molecule has 0 spiro atoms. The highest BCUT2D eigenvalue weighted by molar-refractivity contribution is 5.92. The number of amides is 1. The van der Waals surface area contributed by atoms with Gasteiger partial charge in [0.25, 0.3) is 5.91 Å². The Hall–Kier alpha value is -2.21. The summed E-state index contributed by atoms with van der Waals surface area (Å²) in [6, 6.07) is 6.51. The van der Waals surface area contributed by atoms with Gasteiger partial charge in [0.2, 0.25) is 0 Å². The van der Waals surface area contributed by atoms with Crippen molar-refractivity contribution in [1.82, 2.24) is 20.4 Å². The first-order valence-electron chi connectivity index (χ1n) is 9.12. The highest BCUT2D eigenvalue weighted by Crippen LogP contribution is 2.40. The van der Waals surface area contributed by atoms with Crippen molar-refractivity contribution in [2.75, 3.05) is 13.1 Å². The number of carbonyl (C=O) groups is 1. The van der Waals surface area contributed by atoms with Crippen LogP contribution in [0.5, 0.6) is 0 Å². The summed E-state index contributed by atoms with van der Waals surface area (Å²) in [6.45, 7) is 4.17. The molecule has 25 heavy (non-hydrogen) atoms. The van der Waals surface area contributed by atoms with Crippen molar-refractivity contribution in [3.8, 4) is 0 Å². The molecule has 0 aromatic carbocycles. The molecule has 1 aliphatic carbocycles. The van der Waals surface area contributed by atoms with Gasteiger partial charge in [0.1, 0.15) is 5.76 Å². The summed E-state index contributed by atoms with van der Waals surface area (Å²) in [6.07, 6.45) is 7.87. The topological polar surface area (TPSA) is 71.3 Å². The SMILES string of the molecule is C[C@H](c1ccncc1)N1CCC(NC(=O)c2cc(C3CC3)on2)CC1. The lowest BCUT2D eigenvalue weighted by Crippen LogP contribution is -2.45. The van der Waals surface area contributed by atoms with E-state index in [-0.39, 0.29) is 11.9 Å². The van der Waals surface area contributed by atoms with Crippen molar-refractivity contribution in [3.05, 3.63) is 47.6 Å². The van der Waals surface area contributed by atoms with Gasteiger partial charge in [-0.3, -0.25) is 14.7 Å². The molecule has 1 N–H and O–H groups in total. The lowest BCUT2D eigenvalue weighted by Gasteiger charge is -2.36. The molecule has 1 atom stereocenters. The largest absolute Gasteiger partial charge is 0.360 e. The van der Waals surface area contributed by atoms with Crippen LogP contribution >= 0.6 is 0 Å². The normalized spacial score (nSPS) is 20.4. The van der Waals surface area contributed by atoms with E-state index in [1.165, 1.54) is 5.56 Å². The molecule has 2 fully saturated rings. The fourth-order valence-corrected chi connectivity index (χ4v) is 3.50. The zero-order chi connectivity index (χ0) is 17.2. The maximum absolute atomic E-state index is 12.4. The average Bonchev–Trinajstić information content (AvgIpc) is 3.39. The highest BCUT2D eigenvalue weighted by atomic mass is 16.5. The van der Waals surface area contributed by atoms with Gasteiger partial charge in [-0.25, -0.2) is 0 Å². The van der Waals surface area contributed by atoms with Gasteiger partial charge in [0.05, 0.1) is 0 Å². The summed E-state index contributed by atoms with van der Waals surface area (Å²) in [5.41, 5.74) is 1.70. The van der Waals surface area contributed by atoms with E-state index in [0.29, 0.717) is 17.7 Å². The molecule has 4 rings (SSSR count). The molecule has 0 radical (unpaired) electrons. The van der Waals surface area contributed by atoms with Gasteiger partial charge in [0, 0.05) is 49.6 Å². The molecule has 1 saturated carbocycles. The predicted molar refractivity (Wildman–Crippen MR) is 93.2 cm³/mol. The van der Waals surface area contributed by atoms with Crippen LogP contribution in [0.15, 0.2) is 35.1 Å². The number of nitrogens with one attached hydrogen (secondary N) is 1. The number of carbonyl (C=O) groups excluding carboxylic acids is 1. The molecule has 0 bridgehead atoms. The minimum absolute atomic E-state index is 0.115. The quantitative estimate of drug-likeness (QED) is 0.906. The molecule has 1 saturated heterocycles. The molecule has 132 valence electrons. The standard InChI is InChI=1S/C19H24N4O2/c1-13(14-4-8-20-9-5-14)23-10-6-16(7-11-23)21-19(24)17-12-18(25-22-17)15-2-3-15/h4-5,8-9,12-13,15-16H,2-3,6-7,10-11H2,1H3,(H,21,24)/t13-/m1/s1. The average molecular weight is 340 g/mol. The van der Waals surface area contributed by atoms with E-state index in [2.05, 4.69) is 39.4 Å². The number of rotatable bonds is 5. The number of hydrogen-bond donors (Lipinski definition) is 1. The third kappa shape index (κ3) is 3.74. The molecule has 1 aliphatic heterocycles. The Kier molecular flexibility index (Phi) is 4.53. The van der Waals surface area contributed by atoms with Crippen LogP contribution in [0.3, 0.4) is 0 Å². The fourth-order valence-electron chi connectivity index (χ4n) is 3.50. The molecule has 3 heterocycles. The first-order valence-corrected chi connectivity index (χ1v) is 9.12. The molecule has 2 aliphatic rings. The minimum atomic E-state index is -0.115. The van der Waals surface area contributed by atoms with Gasteiger partial charge < -0.3 is 9.84 Å². The van der Waals surface area contributed by atoms with Crippen LogP contribution in [0.25, 0.3) is 0 Å². The summed E-state index contributed by atoms with van der Waals surface area (Å²) in [5, 5.41) is 7.03. The van der Waals surface area contributed by atoms with Crippen molar-refractivity contribution < 1.29 is 9.32 Å². The smallest absolute Gasteiger partial charge is 0.273 e. The van der Waals surface area contributed by atoms with Gasteiger partial charge in [-0.15, -0.1) is 0 Å². The lowest BCUT2D eigenvalue weighted by molar-refractivity contribution is 0.0887. The van der Waals surface area contributed by atoms with Gasteiger partial charge in [-0.2, -0.15) is 0 Å². The van der Waals surface area contributed by atoms with Gasteiger partial charge in [-0.1, -0.05) is 5.16 Å². The summed E-state index contributed by atoms with van der Waals surface area (Å²) < 4.78 is 5.27. The van der Waals surface area contributed by atoms with Crippen molar-refractivity contribution >= 4 is 5.91 Å². The molecular formula is C19H24N4O2. The number of likely N-dealkylation sites (tertiary alicyclic amines) is 1. The Balaban J connectivity index is 1.28. The Morgan fingerprint density at radius 3 is 2.64 bits per heavy atom. The molecule has 0 unspecified atom stereocenters. The van der Waals surface area contributed by atoms with E-state index in [4.69, 9.17) is 4.52 Å². The van der Waals surface area contributed by atoms with Crippen LogP contribution in [0.1, 0.15) is 66.4 Å². The first kappa shape index (κ1) is 16.3. The second-order valence-corrected chi connectivity index (χ2v) is 7.13. The predicted octanol–water partition coefficient (Wildman–Crippen LogP) is 2.90. The molecule has 6 nitrogen and oxygen atoms in total. The van der Waals surface area contributed by atoms with Gasteiger partial charge >= 0.3 is 0 Å². The molecule has 6 heteroatoms. The van der Waals surface area contributed by atoms with Crippen LogP contribution < -0.4 is 5.32 Å². The second-order valence-electron chi connectivity index (χ2n) is 7.13. The van der Waals surface area contributed by atoms with E-state index in [9.17, 15) is 4.79 Å². The number of pyridine rings is 1. The van der Waals surface area contributed by atoms with Gasteiger partial charge in [-0.05, 0) is 50.3 Å². The summed E-state index contributed by atoms with van der Waals surface area (Å²) in [5.74, 6) is 1.22. The van der Waals surface area contributed by atoms with Crippen LogP contribution in [0.4, 0.5) is 0 Å². The van der Waals surface area contributed by atoms with Crippen LogP contribution in [0.2, 0.25) is 0 Å². The zero-order valence-electron chi connectivity index (χ0n) is 14.5. The molecule has 1 amide bonds. The van der Waals surface area contributed by atoms with E-state index in [1.54, 1.807) is 6.07 Å². The van der Waals surface area contributed by atoms with Crippen molar-refractivity contribution in [2.45, 2.75) is 50.6 Å². The minimum Gasteiger partial charge on any atom is -0.360 e. The third-order valence-corrected chi connectivity index (χ3v) is 5.34. The first-order chi connectivity index (χ1) is 12.2. The van der Waals surface area contributed by atoms with E-state index < -0.39 is 0 Å². The van der Waals surface area contributed by atoms with Crippen molar-refractivity contribution in [2.24, 2.45) is 0 Å². The van der Waals surface area contributed by atoms with E-state index in [0.717, 1.165) is 44.5 Å². The van der Waals surface area contributed by atoms with Crippen molar-refractivity contribution in [3.63, 3.8) is 0 Å². The number of aromatic nitrogens is 2. The fraction of sp³-hybridized carbons (Fsp3) is 0.526. The Morgan fingerprint density at radius 1 is 1.24 bits per heavy atom. The Labute approximate surface area is 147 Å². The molecular weight excluding hydrogens is 316 g/mol. The van der Waals surface area contributed by atoms with E-state index in [1.807, 2.05) is 12.4 Å². The van der Waals surface area contributed by atoms with E-state index >= 15 is 0 Å². The Morgan fingerprint density at radius 2 is 1.96 bits per heavy atom. The van der Waals surface area contributed by atoms with Crippen LogP contribution in [-0.4, -0.2) is 40.1 Å². The summed E-state index contributed by atoms with van der Waals surface area (Å²) >= 11 is 0. The number of piperidine rings is 1. The zero-order valence-corrected chi connectivity index (χ0v) is 14.5. The molecule has 2 aromatic rings. The molecule has 2 aromatic heterocycles. The monoisotopic (exact) mass is 340 g/mol. The summed E-state index contributed by atoms with van der Waals surface area (Å²) in [7, 11) is 0.